The molecule has 0 saturated carbocycles. The maximum absolute atomic E-state index is 5.61. The molecule has 17 heavy (non-hydrogen) atoms. The molecule has 1 aromatic carbocycles. The number of hydrogen-bond donors (Lipinski definition) is 2. The van der Waals surface area contributed by atoms with Gasteiger partial charge in [0, 0.05) is 11.1 Å². The Labute approximate surface area is 101 Å². The summed E-state index contributed by atoms with van der Waals surface area (Å²) in [6.45, 7) is 4.12. The topological polar surface area (TPSA) is 60.2 Å². The second kappa shape index (κ2) is 4.59. The highest BCUT2D eigenvalue weighted by Crippen LogP contribution is 2.30. The summed E-state index contributed by atoms with van der Waals surface area (Å²) in [7, 11) is 1.65. The lowest BCUT2D eigenvalue weighted by Gasteiger charge is -2.13. The Balaban J connectivity index is 2.78. The van der Waals surface area contributed by atoms with Gasteiger partial charge in [0.05, 0.1) is 18.3 Å². The monoisotopic (exact) mass is 231 g/mol. The number of nitrogen functional groups attached to an aromatic ring is 1. The standard InChI is InChI=1S/C13H17N3O/c1-4-11-8(2)13(16-14)10-7-9(17-3)5-6-12(10)15-11/h5-7H,4,14H2,1-3H3,(H,15,16). The molecule has 0 aliphatic heterocycles. The van der Waals surface area contributed by atoms with Gasteiger partial charge in [-0.1, -0.05) is 6.92 Å². The van der Waals surface area contributed by atoms with E-state index in [1.807, 2.05) is 25.1 Å². The number of aryl methyl sites for hydroxylation is 1. The van der Waals surface area contributed by atoms with Crippen molar-refractivity contribution < 1.29 is 4.74 Å². The maximum Gasteiger partial charge on any atom is 0.119 e. The molecule has 1 heterocycles. The fourth-order valence-corrected chi connectivity index (χ4v) is 2.05. The molecule has 1 aromatic heterocycles. The fourth-order valence-electron chi connectivity index (χ4n) is 2.05. The number of benzene rings is 1. The van der Waals surface area contributed by atoms with E-state index in [0.717, 1.165) is 40.0 Å². The van der Waals surface area contributed by atoms with Gasteiger partial charge in [-0.05, 0) is 37.1 Å². The predicted molar refractivity (Wildman–Crippen MR) is 70.2 cm³/mol. The molecule has 0 amide bonds. The summed E-state index contributed by atoms with van der Waals surface area (Å²) < 4.78 is 5.22. The molecule has 4 nitrogen and oxygen atoms in total. The number of fused-ring (bicyclic) bond motifs is 1. The zero-order valence-electron chi connectivity index (χ0n) is 10.4. The van der Waals surface area contributed by atoms with Crippen molar-refractivity contribution in [3.8, 4) is 5.75 Å². The second-order valence-electron chi connectivity index (χ2n) is 3.94. The lowest BCUT2D eigenvalue weighted by atomic mass is 10.1. The van der Waals surface area contributed by atoms with Gasteiger partial charge in [-0.3, -0.25) is 10.8 Å². The molecular formula is C13H17N3O. The smallest absolute Gasteiger partial charge is 0.119 e. The van der Waals surface area contributed by atoms with E-state index in [-0.39, 0.29) is 0 Å². The number of anilines is 1. The minimum atomic E-state index is 0.805. The molecule has 0 aliphatic rings. The Morgan fingerprint density at radius 1 is 1.41 bits per heavy atom. The minimum Gasteiger partial charge on any atom is -0.497 e. The van der Waals surface area contributed by atoms with Crippen LogP contribution in [0.15, 0.2) is 18.2 Å². The first-order valence-corrected chi connectivity index (χ1v) is 5.65. The Morgan fingerprint density at radius 2 is 2.18 bits per heavy atom. The Kier molecular flexibility index (Phi) is 3.15. The molecule has 4 heteroatoms. The second-order valence-corrected chi connectivity index (χ2v) is 3.94. The summed E-state index contributed by atoms with van der Waals surface area (Å²) in [5, 5.41) is 0.988. The van der Waals surface area contributed by atoms with Crippen LogP contribution in [0.2, 0.25) is 0 Å². The zero-order valence-corrected chi connectivity index (χ0v) is 10.4. The highest BCUT2D eigenvalue weighted by atomic mass is 16.5. The average molecular weight is 231 g/mol. The van der Waals surface area contributed by atoms with Crippen LogP contribution in [0.4, 0.5) is 5.69 Å². The number of nitrogens with two attached hydrogens (primary N) is 1. The van der Waals surface area contributed by atoms with Crippen molar-refractivity contribution in [2.24, 2.45) is 5.84 Å². The molecule has 0 bridgehead atoms. The van der Waals surface area contributed by atoms with Crippen LogP contribution in [-0.2, 0) is 6.42 Å². The van der Waals surface area contributed by atoms with Gasteiger partial charge < -0.3 is 10.2 Å². The van der Waals surface area contributed by atoms with Gasteiger partial charge in [-0.2, -0.15) is 0 Å². The first-order valence-electron chi connectivity index (χ1n) is 5.65. The van der Waals surface area contributed by atoms with E-state index in [1.165, 1.54) is 0 Å². The van der Waals surface area contributed by atoms with Crippen LogP contribution in [0.25, 0.3) is 10.9 Å². The molecule has 90 valence electrons. The van der Waals surface area contributed by atoms with E-state index >= 15 is 0 Å². The number of ether oxygens (including phenoxy) is 1. The van der Waals surface area contributed by atoms with E-state index in [0.29, 0.717) is 0 Å². The number of hydrogen-bond acceptors (Lipinski definition) is 4. The van der Waals surface area contributed by atoms with Gasteiger partial charge >= 0.3 is 0 Å². The van der Waals surface area contributed by atoms with Crippen LogP contribution >= 0.6 is 0 Å². The number of hydrazine groups is 1. The van der Waals surface area contributed by atoms with Crippen molar-refractivity contribution in [2.45, 2.75) is 20.3 Å². The largest absolute Gasteiger partial charge is 0.497 e. The van der Waals surface area contributed by atoms with Gasteiger partial charge in [0.25, 0.3) is 0 Å². The lowest BCUT2D eigenvalue weighted by Crippen LogP contribution is -2.11. The lowest BCUT2D eigenvalue weighted by molar-refractivity contribution is 0.415. The third-order valence-corrected chi connectivity index (χ3v) is 3.02. The predicted octanol–water partition coefficient (Wildman–Crippen LogP) is 2.40. The Bertz CT molecular complexity index is 552. The molecule has 0 unspecified atom stereocenters. The highest BCUT2D eigenvalue weighted by molar-refractivity contribution is 5.94. The third-order valence-electron chi connectivity index (χ3n) is 3.02. The zero-order chi connectivity index (χ0) is 12.4. The summed E-state index contributed by atoms with van der Waals surface area (Å²) in [5.41, 5.74) is 6.78. The average Bonchev–Trinajstić information content (AvgIpc) is 2.37. The van der Waals surface area contributed by atoms with Crippen LogP contribution in [0.3, 0.4) is 0 Å². The molecule has 0 aliphatic carbocycles. The van der Waals surface area contributed by atoms with Gasteiger partial charge in [-0.15, -0.1) is 0 Å². The summed E-state index contributed by atoms with van der Waals surface area (Å²) in [6.07, 6.45) is 0.891. The molecule has 0 fully saturated rings. The number of pyridine rings is 1. The SMILES string of the molecule is CCc1nc2ccc(OC)cc2c(NN)c1C. The normalized spacial score (nSPS) is 10.6. The first-order chi connectivity index (χ1) is 8.21. The summed E-state index contributed by atoms with van der Waals surface area (Å²) in [5.74, 6) is 6.42. The minimum absolute atomic E-state index is 0.805. The van der Waals surface area contributed by atoms with Crippen LogP contribution in [0, 0.1) is 6.92 Å². The van der Waals surface area contributed by atoms with Gasteiger partial charge in [-0.25, -0.2) is 0 Å². The number of aromatic nitrogens is 1. The van der Waals surface area contributed by atoms with Crippen molar-refractivity contribution >= 4 is 16.6 Å². The van der Waals surface area contributed by atoms with Crippen molar-refractivity contribution in [3.05, 3.63) is 29.5 Å². The molecule has 0 spiro atoms. The van der Waals surface area contributed by atoms with E-state index in [2.05, 4.69) is 17.3 Å². The highest BCUT2D eigenvalue weighted by Gasteiger charge is 2.10. The van der Waals surface area contributed by atoms with E-state index in [1.54, 1.807) is 7.11 Å². The molecule has 0 atom stereocenters. The Hall–Kier alpha value is -1.81. The Morgan fingerprint density at radius 3 is 2.76 bits per heavy atom. The first kappa shape index (κ1) is 11.7. The van der Waals surface area contributed by atoms with Crippen LogP contribution < -0.4 is 16.0 Å². The number of nitrogens with zero attached hydrogens (tertiary/aromatic N) is 1. The number of rotatable bonds is 3. The van der Waals surface area contributed by atoms with Crippen molar-refractivity contribution in [1.82, 2.24) is 4.98 Å². The van der Waals surface area contributed by atoms with Gasteiger partial charge in [0.2, 0.25) is 0 Å². The molecule has 0 saturated heterocycles. The molecule has 2 aromatic rings. The molecule has 0 radical (unpaired) electrons. The van der Waals surface area contributed by atoms with Crippen molar-refractivity contribution in [3.63, 3.8) is 0 Å². The van der Waals surface area contributed by atoms with E-state index < -0.39 is 0 Å². The number of nitrogens with one attached hydrogen (secondary N) is 1. The van der Waals surface area contributed by atoms with Gasteiger partial charge in [0.1, 0.15) is 5.75 Å². The van der Waals surface area contributed by atoms with Crippen molar-refractivity contribution in [2.75, 3.05) is 12.5 Å². The fraction of sp³-hybridized carbons (Fsp3) is 0.308. The van der Waals surface area contributed by atoms with Crippen LogP contribution in [-0.4, -0.2) is 12.1 Å². The third kappa shape index (κ3) is 1.91. The van der Waals surface area contributed by atoms with E-state index in [4.69, 9.17) is 10.6 Å². The molecular weight excluding hydrogens is 214 g/mol. The maximum atomic E-state index is 5.61. The quantitative estimate of drug-likeness (QED) is 0.629. The van der Waals surface area contributed by atoms with Crippen LogP contribution in [0.1, 0.15) is 18.2 Å². The number of methoxy groups -OCH3 is 1. The van der Waals surface area contributed by atoms with Gasteiger partial charge in [0.15, 0.2) is 0 Å². The molecule has 3 N–H and O–H groups in total. The van der Waals surface area contributed by atoms with Crippen molar-refractivity contribution in [1.29, 1.82) is 0 Å². The molecule has 2 rings (SSSR count). The summed E-state index contributed by atoms with van der Waals surface area (Å²) >= 11 is 0. The van der Waals surface area contributed by atoms with Crippen LogP contribution in [0.5, 0.6) is 5.75 Å². The summed E-state index contributed by atoms with van der Waals surface area (Å²) in [4.78, 5) is 4.63. The summed E-state index contributed by atoms with van der Waals surface area (Å²) in [6, 6.07) is 5.81. The van der Waals surface area contributed by atoms with E-state index in [9.17, 15) is 0 Å².